The maximum absolute atomic E-state index is 10.3. The van der Waals surface area contributed by atoms with Gasteiger partial charge in [0.15, 0.2) is 6.29 Å². The van der Waals surface area contributed by atoms with Crippen molar-refractivity contribution in [1.82, 2.24) is 0 Å². The zero-order valence-corrected chi connectivity index (χ0v) is 10.7. The SMILES string of the molecule is [N-]=[N+]=N[C@H]1[C@@H]2OC[C@@H](O2)[C@@H](OCc2ccccc2)[C@@H]1O. The molecule has 1 N–H and O–H groups in total. The second kappa shape index (κ2) is 5.78. The molecule has 3 rings (SSSR count). The van der Waals surface area contributed by atoms with E-state index in [1.54, 1.807) is 0 Å². The van der Waals surface area contributed by atoms with Crippen molar-refractivity contribution in [1.29, 1.82) is 0 Å². The zero-order chi connectivity index (χ0) is 13.9. The van der Waals surface area contributed by atoms with Crippen LogP contribution < -0.4 is 0 Å². The summed E-state index contributed by atoms with van der Waals surface area (Å²) in [4.78, 5) is 2.73. The monoisotopic (exact) mass is 277 g/mol. The smallest absolute Gasteiger partial charge is 0.169 e. The minimum atomic E-state index is -0.930. The number of hydrogen-bond acceptors (Lipinski definition) is 5. The lowest BCUT2D eigenvalue weighted by molar-refractivity contribution is -0.195. The predicted octanol–water partition coefficient (Wildman–Crippen LogP) is 1.37. The van der Waals surface area contributed by atoms with E-state index in [1.165, 1.54) is 0 Å². The van der Waals surface area contributed by atoms with Gasteiger partial charge in [0.2, 0.25) is 0 Å². The van der Waals surface area contributed by atoms with Crippen LogP contribution in [0.2, 0.25) is 0 Å². The molecule has 106 valence electrons. The molecule has 0 aliphatic carbocycles. The van der Waals surface area contributed by atoms with E-state index in [4.69, 9.17) is 19.7 Å². The third-order valence-corrected chi connectivity index (χ3v) is 3.54. The van der Waals surface area contributed by atoms with Crippen LogP contribution in [0.1, 0.15) is 5.56 Å². The van der Waals surface area contributed by atoms with E-state index in [1.807, 2.05) is 30.3 Å². The van der Waals surface area contributed by atoms with Gasteiger partial charge >= 0.3 is 0 Å². The van der Waals surface area contributed by atoms with Gasteiger partial charge in [-0.05, 0) is 11.1 Å². The van der Waals surface area contributed by atoms with Crippen molar-refractivity contribution in [2.45, 2.75) is 37.3 Å². The quantitative estimate of drug-likeness (QED) is 0.510. The molecule has 0 aromatic heterocycles. The van der Waals surface area contributed by atoms with Crippen LogP contribution in [0.5, 0.6) is 0 Å². The molecule has 0 spiro atoms. The molecule has 0 saturated carbocycles. The van der Waals surface area contributed by atoms with Crippen LogP contribution in [0.15, 0.2) is 35.4 Å². The molecule has 2 saturated heterocycles. The number of ether oxygens (including phenoxy) is 3. The van der Waals surface area contributed by atoms with E-state index in [2.05, 4.69) is 10.0 Å². The van der Waals surface area contributed by atoms with Gasteiger partial charge in [-0.1, -0.05) is 35.4 Å². The van der Waals surface area contributed by atoms with Gasteiger partial charge in [0.1, 0.15) is 18.2 Å². The maximum Gasteiger partial charge on any atom is 0.169 e. The van der Waals surface area contributed by atoms with Crippen molar-refractivity contribution in [3.05, 3.63) is 46.3 Å². The van der Waals surface area contributed by atoms with Crippen LogP contribution in [0.25, 0.3) is 10.4 Å². The maximum atomic E-state index is 10.3. The third-order valence-electron chi connectivity index (χ3n) is 3.54. The zero-order valence-electron chi connectivity index (χ0n) is 10.7. The fraction of sp³-hybridized carbons (Fsp3) is 0.538. The summed E-state index contributed by atoms with van der Waals surface area (Å²) in [7, 11) is 0. The Morgan fingerprint density at radius 1 is 1.40 bits per heavy atom. The minimum Gasteiger partial charge on any atom is -0.390 e. The van der Waals surface area contributed by atoms with Gasteiger partial charge in [-0.3, -0.25) is 0 Å². The van der Waals surface area contributed by atoms with E-state index in [9.17, 15) is 5.11 Å². The van der Waals surface area contributed by atoms with Crippen molar-refractivity contribution < 1.29 is 19.3 Å². The summed E-state index contributed by atoms with van der Waals surface area (Å²) in [6.45, 7) is 0.689. The Morgan fingerprint density at radius 2 is 2.20 bits per heavy atom. The minimum absolute atomic E-state index is 0.330. The van der Waals surface area contributed by atoms with Crippen LogP contribution in [-0.2, 0) is 20.8 Å². The van der Waals surface area contributed by atoms with Gasteiger partial charge in [0, 0.05) is 4.91 Å². The summed E-state index contributed by atoms with van der Waals surface area (Å²) in [6, 6.07) is 8.87. The molecule has 1 aromatic rings. The van der Waals surface area contributed by atoms with Crippen molar-refractivity contribution in [3.8, 4) is 0 Å². The van der Waals surface area contributed by atoms with Crippen molar-refractivity contribution in [3.63, 3.8) is 0 Å². The van der Waals surface area contributed by atoms with Crippen LogP contribution in [0, 0.1) is 0 Å². The van der Waals surface area contributed by atoms with E-state index < -0.39 is 24.5 Å². The molecule has 2 aliphatic rings. The first-order valence-electron chi connectivity index (χ1n) is 6.44. The van der Waals surface area contributed by atoms with Gasteiger partial charge in [0.25, 0.3) is 0 Å². The number of benzene rings is 1. The van der Waals surface area contributed by atoms with Crippen LogP contribution >= 0.6 is 0 Å². The van der Waals surface area contributed by atoms with Crippen molar-refractivity contribution in [2.75, 3.05) is 6.61 Å². The molecule has 0 unspecified atom stereocenters. The molecule has 2 fully saturated rings. The van der Waals surface area contributed by atoms with Crippen LogP contribution in [0.4, 0.5) is 0 Å². The van der Waals surface area contributed by atoms with Gasteiger partial charge < -0.3 is 19.3 Å². The van der Waals surface area contributed by atoms with E-state index in [0.717, 1.165) is 5.56 Å². The molecule has 5 atom stereocenters. The summed E-state index contributed by atoms with van der Waals surface area (Å²) in [6.07, 6.45) is -2.50. The average molecular weight is 277 g/mol. The number of nitrogens with zero attached hydrogens (tertiary/aromatic N) is 3. The number of aliphatic hydroxyl groups is 1. The Morgan fingerprint density at radius 3 is 2.95 bits per heavy atom. The number of aliphatic hydroxyl groups excluding tert-OH is 1. The summed E-state index contributed by atoms with van der Waals surface area (Å²) < 4.78 is 16.7. The van der Waals surface area contributed by atoms with Gasteiger partial charge in [-0.15, -0.1) is 0 Å². The molecule has 20 heavy (non-hydrogen) atoms. The Labute approximate surface area is 115 Å². The number of azide groups is 1. The first-order chi connectivity index (χ1) is 9.79. The summed E-state index contributed by atoms with van der Waals surface area (Å²) in [5, 5.41) is 13.8. The fourth-order valence-electron chi connectivity index (χ4n) is 2.52. The summed E-state index contributed by atoms with van der Waals surface area (Å²) in [5.41, 5.74) is 9.55. The highest BCUT2D eigenvalue weighted by molar-refractivity contribution is 5.13. The molecule has 1 aromatic carbocycles. The highest BCUT2D eigenvalue weighted by Gasteiger charge is 2.50. The van der Waals surface area contributed by atoms with Crippen LogP contribution in [0.3, 0.4) is 0 Å². The number of fused-ring (bicyclic) bond motifs is 2. The Kier molecular flexibility index (Phi) is 3.86. The second-order valence-corrected chi connectivity index (χ2v) is 4.82. The molecule has 0 amide bonds. The molecule has 0 radical (unpaired) electrons. The number of hydrogen-bond donors (Lipinski definition) is 1. The number of rotatable bonds is 4. The summed E-state index contributed by atoms with van der Waals surface area (Å²) in [5.74, 6) is 0. The third kappa shape index (κ3) is 2.49. The second-order valence-electron chi connectivity index (χ2n) is 4.82. The fourth-order valence-corrected chi connectivity index (χ4v) is 2.52. The van der Waals surface area contributed by atoms with Crippen molar-refractivity contribution >= 4 is 0 Å². The molecular formula is C13H15N3O4. The largest absolute Gasteiger partial charge is 0.390 e. The lowest BCUT2D eigenvalue weighted by Gasteiger charge is -2.35. The highest BCUT2D eigenvalue weighted by Crippen LogP contribution is 2.32. The Balaban J connectivity index is 1.70. The molecular weight excluding hydrogens is 262 g/mol. The molecule has 2 bridgehead atoms. The predicted molar refractivity (Wildman–Crippen MR) is 68.6 cm³/mol. The van der Waals surface area contributed by atoms with E-state index in [-0.39, 0.29) is 6.10 Å². The Bertz CT molecular complexity index is 506. The van der Waals surface area contributed by atoms with E-state index in [0.29, 0.717) is 13.2 Å². The molecule has 7 nitrogen and oxygen atoms in total. The lowest BCUT2D eigenvalue weighted by Crippen LogP contribution is -2.53. The molecule has 2 aliphatic heterocycles. The highest BCUT2D eigenvalue weighted by atomic mass is 16.7. The molecule has 7 heteroatoms. The van der Waals surface area contributed by atoms with Gasteiger partial charge in [0.05, 0.1) is 19.3 Å². The lowest BCUT2D eigenvalue weighted by atomic mass is 9.99. The summed E-state index contributed by atoms with van der Waals surface area (Å²) >= 11 is 0. The van der Waals surface area contributed by atoms with Crippen molar-refractivity contribution in [2.24, 2.45) is 5.11 Å². The van der Waals surface area contributed by atoms with Gasteiger partial charge in [-0.25, -0.2) is 0 Å². The average Bonchev–Trinajstić information content (AvgIpc) is 2.90. The van der Waals surface area contributed by atoms with Crippen LogP contribution in [-0.4, -0.2) is 42.4 Å². The van der Waals surface area contributed by atoms with Gasteiger partial charge in [-0.2, -0.15) is 0 Å². The first-order valence-corrected chi connectivity index (χ1v) is 6.44. The molecule has 2 heterocycles. The standard InChI is InChI=1S/C13H15N3O4/c14-16-15-10-11(17)12(9-7-19-13(10)20-9)18-6-8-4-2-1-3-5-8/h1-5,9-13,17H,6-7H2/t9-,10-,11-,12-,13-/m1/s1. The Hall–Kier alpha value is -1.63. The topological polar surface area (TPSA) is 96.7 Å². The first kappa shape index (κ1) is 13.4. The normalized spacial score (nSPS) is 35.5. The van der Waals surface area contributed by atoms with E-state index >= 15 is 0 Å².